The van der Waals surface area contributed by atoms with E-state index >= 15 is 0 Å². The number of thioether (sulfide) groups is 1. The molecule has 1 N–H and O–H groups in total. The zero-order valence-electron chi connectivity index (χ0n) is 13.1. The van der Waals surface area contributed by atoms with Crippen molar-refractivity contribution in [2.75, 3.05) is 32.5 Å². The van der Waals surface area contributed by atoms with Gasteiger partial charge in [0, 0.05) is 24.0 Å². The monoisotopic (exact) mass is 320 g/mol. The van der Waals surface area contributed by atoms with Gasteiger partial charge in [0.15, 0.2) is 0 Å². The highest BCUT2D eigenvalue weighted by Gasteiger charge is 2.34. The molecule has 1 saturated carbocycles. The average molecular weight is 320 g/mol. The lowest BCUT2D eigenvalue weighted by Crippen LogP contribution is -2.32. The molecular weight excluding hydrogens is 296 g/mol. The number of carbonyl (C=O) groups excluding carboxylic acids is 1. The number of hydrogen-bond acceptors (Lipinski definition) is 4. The number of nitrogens with one attached hydrogen (secondary N) is 1. The summed E-state index contributed by atoms with van der Waals surface area (Å²) in [6.07, 6.45) is 3.96. The first-order valence-corrected chi connectivity index (χ1v) is 9.01. The number of rotatable bonds is 7. The summed E-state index contributed by atoms with van der Waals surface area (Å²) in [5, 5.41) is 3.09. The summed E-state index contributed by atoms with van der Waals surface area (Å²) in [7, 11) is 1.66. The van der Waals surface area contributed by atoms with Crippen LogP contribution in [0.5, 0.6) is 5.75 Å². The summed E-state index contributed by atoms with van der Waals surface area (Å²) in [4.78, 5) is 15.6. The summed E-state index contributed by atoms with van der Waals surface area (Å²) in [5.74, 6) is 2.05. The summed E-state index contributed by atoms with van der Waals surface area (Å²) < 4.78 is 5.19. The molecule has 1 saturated heterocycles. The van der Waals surface area contributed by atoms with Gasteiger partial charge in [0.05, 0.1) is 12.9 Å². The molecule has 120 valence electrons. The summed E-state index contributed by atoms with van der Waals surface area (Å²) >= 11 is 1.55. The van der Waals surface area contributed by atoms with Crippen LogP contribution in [0.1, 0.15) is 19.3 Å². The number of ether oxygens (including phenoxy) is 1. The number of methoxy groups -OCH3 is 1. The second-order valence-electron chi connectivity index (χ2n) is 6.15. The van der Waals surface area contributed by atoms with Gasteiger partial charge in [-0.25, -0.2) is 0 Å². The van der Waals surface area contributed by atoms with E-state index in [4.69, 9.17) is 4.74 Å². The molecule has 1 aromatic carbocycles. The lowest BCUT2D eigenvalue weighted by atomic mass is 10.1. The highest BCUT2D eigenvalue weighted by atomic mass is 32.2. The topological polar surface area (TPSA) is 41.6 Å². The van der Waals surface area contributed by atoms with Crippen LogP contribution in [-0.2, 0) is 4.79 Å². The molecule has 0 unspecified atom stereocenters. The molecule has 0 radical (unpaired) electrons. The minimum atomic E-state index is 0.123. The van der Waals surface area contributed by atoms with E-state index in [0.29, 0.717) is 11.7 Å². The molecule has 1 aliphatic carbocycles. The molecular formula is C17H24N2O2S. The molecule has 3 rings (SSSR count). The maximum absolute atomic E-state index is 12.0. The van der Waals surface area contributed by atoms with Crippen LogP contribution in [0, 0.1) is 5.92 Å². The van der Waals surface area contributed by atoms with Gasteiger partial charge < -0.3 is 15.0 Å². The van der Waals surface area contributed by atoms with Gasteiger partial charge in [0.25, 0.3) is 0 Å². The van der Waals surface area contributed by atoms with Gasteiger partial charge in [0.1, 0.15) is 5.75 Å². The highest BCUT2D eigenvalue weighted by molar-refractivity contribution is 8.00. The Morgan fingerprint density at radius 3 is 3.05 bits per heavy atom. The molecule has 0 spiro atoms. The van der Waals surface area contributed by atoms with Crippen molar-refractivity contribution < 1.29 is 9.53 Å². The summed E-state index contributed by atoms with van der Waals surface area (Å²) in [5.41, 5.74) is 0. The van der Waals surface area contributed by atoms with Gasteiger partial charge in [-0.2, -0.15) is 0 Å². The Balaban J connectivity index is 1.35. The zero-order valence-corrected chi connectivity index (χ0v) is 13.9. The fraction of sp³-hybridized carbons (Fsp3) is 0.588. The Kier molecular flexibility index (Phi) is 5.26. The molecule has 1 aliphatic heterocycles. The first kappa shape index (κ1) is 15.7. The lowest BCUT2D eigenvalue weighted by Gasteiger charge is -2.15. The first-order valence-electron chi connectivity index (χ1n) is 8.02. The fourth-order valence-electron chi connectivity index (χ4n) is 2.95. The van der Waals surface area contributed by atoms with E-state index in [1.807, 2.05) is 24.3 Å². The molecule has 1 heterocycles. The smallest absolute Gasteiger partial charge is 0.230 e. The predicted molar refractivity (Wildman–Crippen MR) is 89.4 cm³/mol. The molecule has 1 aromatic rings. The third-order valence-corrected chi connectivity index (χ3v) is 5.37. The summed E-state index contributed by atoms with van der Waals surface area (Å²) in [6, 6.07) is 8.68. The van der Waals surface area contributed by atoms with Gasteiger partial charge in [-0.1, -0.05) is 6.07 Å². The third-order valence-electron chi connectivity index (χ3n) is 4.38. The minimum absolute atomic E-state index is 0.123. The van der Waals surface area contributed by atoms with E-state index < -0.39 is 0 Å². The number of benzene rings is 1. The van der Waals surface area contributed by atoms with Crippen LogP contribution in [0.4, 0.5) is 0 Å². The Labute approximate surface area is 136 Å². The molecule has 5 heteroatoms. The van der Waals surface area contributed by atoms with Crippen LogP contribution in [-0.4, -0.2) is 49.3 Å². The van der Waals surface area contributed by atoms with Crippen LogP contribution < -0.4 is 10.1 Å². The van der Waals surface area contributed by atoms with Crippen LogP contribution in [0.3, 0.4) is 0 Å². The van der Waals surface area contributed by atoms with Crippen molar-refractivity contribution in [1.29, 1.82) is 0 Å². The van der Waals surface area contributed by atoms with Crippen molar-refractivity contribution >= 4 is 17.7 Å². The normalized spacial score (nSPS) is 21.8. The van der Waals surface area contributed by atoms with Gasteiger partial charge in [-0.05, 0) is 49.9 Å². The fourth-order valence-corrected chi connectivity index (χ4v) is 3.72. The number of hydrogen-bond donors (Lipinski definition) is 1. The third kappa shape index (κ3) is 4.40. The quantitative estimate of drug-likeness (QED) is 0.783. The Morgan fingerprint density at radius 1 is 1.41 bits per heavy atom. The first-order chi connectivity index (χ1) is 10.7. The number of amides is 1. The van der Waals surface area contributed by atoms with Crippen molar-refractivity contribution in [2.45, 2.75) is 30.2 Å². The van der Waals surface area contributed by atoms with Crippen molar-refractivity contribution in [3.8, 4) is 5.75 Å². The predicted octanol–water partition coefficient (Wildman–Crippen LogP) is 2.39. The van der Waals surface area contributed by atoms with E-state index in [1.54, 1.807) is 18.9 Å². The van der Waals surface area contributed by atoms with E-state index in [0.717, 1.165) is 29.8 Å². The van der Waals surface area contributed by atoms with Gasteiger partial charge in [0.2, 0.25) is 5.91 Å². The Hall–Kier alpha value is -1.20. The molecule has 0 bridgehead atoms. The van der Waals surface area contributed by atoms with E-state index in [1.165, 1.54) is 25.8 Å². The zero-order chi connectivity index (χ0) is 15.4. The maximum atomic E-state index is 12.0. The Bertz CT molecular complexity index is 519. The maximum Gasteiger partial charge on any atom is 0.230 e. The minimum Gasteiger partial charge on any atom is -0.497 e. The van der Waals surface area contributed by atoms with Crippen molar-refractivity contribution in [3.63, 3.8) is 0 Å². The van der Waals surface area contributed by atoms with Crippen LogP contribution >= 0.6 is 11.8 Å². The van der Waals surface area contributed by atoms with E-state index in [9.17, 15) is 4.79 Å². The van der Waals surface area contributed by atoms with Gasteiger partial charge in [-0.15, -0.1) is 11.8 Å². The second-order valence-corrected chi connectivity index (χ2v) is 7.20. The van der Waals surface area contributed by atoms with Crippen LogP contribution in [0.25, 0.3) is 0 Å². The lowest BCUT2D eigenvalue weighted by molar-refractivity contribution is -0.118. The molecule has 1 atom stereocenters. The van der Waals surface area contributed by atoms with Crippen molar-refractivity contribution in [3.05, 3.63) is 24.3 Å². The molecule has 0 aromatic heterocycles. The number of carbonyl (C=O) groups is 1. The highest BCUT2D eigenvalue weighted by Crippen LogP contribution is 2.31. The largest absolute Gasteiger partial charge is 0.497 e. The number of likely N-dealkylation sites (tertiary alicyclic amines) is 1. The molecule has 2 fully saturated rings. The molecule has 2 aliphatic rings. The van der Waals surface area contributed by atoms with Crippen LogP contribution in [0.2, 0.25) is 0 Å². The number of nitrogens with zero attached hydrogens (tertiary/aromatic N) is 1. The molecule has 1 amide bonds. The standard InChI is InChI=1S/C17H24N2O2S/c1-21-15-3-2-4-16(9-15)22-12-17(20)18-10-13-7-8-19(11-13)14-5-6-14/h2-4,9,13-14H,5-8,10-12H2,1H3,(H,18,20)/t13-/m0/s1. The average Bonchev–Trinajstić information content (AvgIpc) is 3.30. The summed E-state index contributed by atoms with van der Waals surface area (Å²) in [6.45, 7) is 3.19. The second kappa shape index (κ2) is 7.38. The van der Waals surface area contributed by atoms with Crippen molar-refractivity contribution in [1.82, 2.24) is 10.2 Å². The molecule has 22 heavy (non-hydrogen) atoms. The molecule has 4 nitrogen and oxygen atoms in total. The van der Waals surface area contributed by atoms with E-state index in [-0.39, 0.29) is 5.91 Å². The Morgan fingerprint density at radius 2 is 2.27 bits per heavy atom. The SMILES string of the molecule is COc1cccc(SCC(=O)NC[C@@H]2CCN(C3CC3)C2)c1. The van der Waals surface area contributed by atoms with E-state index in [2.05, 4.69) is 10.2 Å². The van der Waals surface area contributed by atoms with Crippen LogP contribution in [0.15, 0.2) is 29.2 Å². The van der Waals surface area contributed by atoms with Gasteiger partial charge in [-0.3, -0.25) is 4.79 Å². The van der Waals surface area contributed by atoms with Crippen molar-refractivity contribution in [2.24, 2.45) is 5.92 Å². The van der Waals surface area contributed by atoms with Gasteiger partial charge >= 0.3 is 0 Å².